The van der Waals surface area contributed by atoms with Crippen molar-refractivity contribution in [1.82, 2.24) is 4.90 Å². The fourth-order valence-electron chi connectivity index (χ4n) is 3.89. The SMILES string of the molecule is CN(C(=O)c1ccc(NC(=O)[C@@H]2CC[C@H](CN)O2)cc1Cl)C1CCCCC1.Cl. The van der Waals surface area contributed by atoms with Crippen molar-refractivity contribution in [1.29, 1.82) is 0 Å². The molecule has 3 rings (SSSR count). The highest BCUT2D eigenvalue weighted by Crippen LogP contribution is 2.27. The zero-order valence-electron chi connectivity index (χ0n) is 16.2. The number of ether oxygens (including phenoxy) is 1. The zero-order chi connectivity index (χ0) is 19.4. The molecule has 2 fully saturated rings. The number of halogens is 2. The van der Waals surface area contributed by atoms with Crippen molar-refractivity contribution in [2.24, 2.45) is 5.73 Å². The quantitative estimate of drug-likeness (QED) is 0.748. The number of nitrogens with two attached hydrogens (primary N) is 1. The molecule has 2 amide bonds. The van der Waals surface area contributed by atoms with Gasteiger partial charge in [0.05, 0.1) is 16.7 Å². The van der Waals surface area contributed by atoms with Crippen LogP contribution >= 0.6 is 24.0 Å². The van der Waals surface area contributed by atoms with Gasteiger partial charge in [0.15, 0.2) is 0 Å². The molecule has 0 aromatic heterocycles. The molecule has 6 nitrogen and oxygen atoms in total. The highest BCUT2D eigenvalue weighted by Gasteiger charge is 2.30. The third-order valence-electron chi connectivity index (χ3n) is 5.57. The van der Waals surface area contributed by atoms with Crippen LogP contribution in [0.4, 0.5) is 5.69 Å². The lowest BCUT2D eigenvalue weighted by Crippen LogP contribution is -2.38. The highest BCUT2D eigenvalue weighted by atomic mass is 35.5. The minimum atomic E-state index is -0.490. The molecular weight excluding hydrogens is 401 g/mol. The van der Waals surface area contributed by atoms with Crippen LogP contribution in [0.5, 0.6) is 0 Å². The summed E-state index contributed by atoms with van der Waals surface area (Å²) in [7, 11) is 1.84. The summed E-state index contributed by atoms with van der Waals surface area (Å²) in [4.78, 5) is 26.9. The predicted molar refractivity (Wildman–Crippen MR) is 113 cm³/mol. The third-order valence-corrected chi connectivity index (χ3v) is 5.89. The minimum absolute atomic E-state index is 0. The number of benzene rings is 1. The number of rotatable bonds is 5. The van der Waals surface area contributed by atoms with Gasteiger partial charge in [-0.25, -0.2) is 0 Å². The van der Waals surface area contributed by atoms with Crippen molar-refractivity contribution in [3.05, 3.63) is 28.8 Å². The predicted octanol–water partition coefficient (Wildman–Crippen LogP) is 3.61. The smallest absolute Gasteiger partial charge is 0.255 e. The Bertz CT molecular complexity index is 695. The average molecular weight is 430 g/mol. The number of nitrogens with zero attached hydrogens (tertiary/aromatic N) is 1. The molecule has 0 unspecified atom stereocenters. The summed E-state index contributed by atoms with van der Waals surface area (Å²) >= 11 is 6.35. The molecule has 8 heteroatoms. The van der Waals surface area contributed by atoms with Crippen LogP contribution in [0.25, 0.3) is 0 Å². The van der Waals surface area contributed by atoms with Gasteiger partial charge in [0, 0.05) is 25.3 Å². The molecule has 1 aromatic carbocycles. The first kappa shape index (κ1) is 22.9. The van der Waals surface area contributed by atoms with Crippen molar-refractivity contribution in [2.75, 3.05) is 18.9 Å². The number of amides is 2. The van der Waals surface area contributed by atoms with Gasteiger partial charge in [-0.05, 0) is 43.9 Å². The molecule has 1 heterocycles. The summed E-state index contributed by atoms with van der Waals surface area (Å²) in [6.45, 7) is 0.418. The molecular formula is C20H29Cl2N3O3. The summed E-state index contributed by atoms with van der Waals surface area (Å²) in [6.07, 6.45) is 6.55. The van der Waals surface area contributed by atoms with E-state index in [1.54, 1.807) is 23.1 Å². The summed E-state index contributed by atoms with van der Waals surface area (Å²) in [5.74, 6) is -0.282. The summed E-state index contributed by atoms with van der Waals surface area (Å²) in [5.41, 5.74) is 6.60. The maximum absolute atomic E-state index is 12.8. The standard InChI is InChI=1S/C20H28ClN3O3.ClH/c1-24(14-5-3-2-4-6-14)20(26)16-9-7-13(11-17(16)21)23-19(25)18-10-8-15(12-22)27-18;/h7,9,11,14-15,18H,2-6,8,10,12,22H2,1H3,(H,23,25);1H/t15-,18+;/m1./s1. The lowest BCUT2D eigenvalue weighted by atomic mass is 9.94. The van der Waals surface area contributed by atoms with E-state index in [2.05, 4.69) is 5.32 Å². The van der Waals surface area contributed by atoms with E-state index in [0.29, 0.717) is 29.2 Å². The van der Waals surface area contributed by atoms with Gasteiger partial charge in [0.1, 0.15) is 6.10 Å². The summed E-state index contributed by atoms with van der Waals surface area (Å²) < 4.78 is 5.60. The van der Waals surface area contributed by atoms with Crippen molar-refractivity contribution in [2.45, 2.75) is 63.2 Å². The molecule has 2 aliphatic rings. The molecule has 1 saturated carbocycles. The monoisotopic (exact) mass is 429 g/mol. The molecule has 2 atom stereocenters. The Morgan fingerprint density at radius 2 is 1.93 bits per heavy atom. The van der Waals surface area contributed by atoms with Crippen LogP contribution in [0.3, 0.4) is 0 Å². The van der Waals surface area contributed by atoms with E-state index in [1.807, 2.05) is 7.05 Å². The Hall–Kier alpha value is -1.34. The Morgan fingerprint density at radius 3 is 2.54 bits per heavy atom. The fourth-order valence-corrected chi connectivity index (χ4v) is 4.15. The van der Waals surface area contributed by atoms with Crippen molar-refractivity contribution in [3.8, 4) is 0 Å². The molecule has 28 heavy (non-hydrogen) atoms. The van der Waals surface area contributed by atoms with Crippen molar-refractivity contribution >= 4 is 41.5 Å². The molecule has 156 valence electrons. The van der Waals surface area contributed by atoms with Crippen LogP contribution in [-0.4, -0.2) is 48.6 Å². The third kappa shape index (κ3) is 5.38. The maximum atomic E-state index is 12.8. The normalized spacial score (nSPS) is 22.4. The number of carbonyl (C=O) groups excluding carboxylic acids is 2. The first-order chi connectivity index (χ1) is 13.0. The van der Waals surface area contributed by atoms with Gasteiger partial charge in [-0.1, -0.05) is 30.9 Å². The molecule has 3 N–H and O–H groups in total. The second kappa shape index (κ2) is 10.4. The van der Waals surface area contributed by atoms with E-state index >= 15 is 0 Å². The lowest BCUT2D eigenvalue weighted by molar-refractivity contribution is -0.126. The van der Waals surface area contributed by atoms with E-state index < -0.39 is 6.10 Å². The van der Waals surface area contributed by atoms with E-state index in [9.17, 15) is 9.59 Å². The number of nitrogens with one attached hydrogen (secondary N) is 1. The maximum Gasteiger partial charge on any atom is 0.255 e. The number of hydrogen-bond donors (Lipinski definition) is 2. The zero-order valence-corrected chi connectivity index (χ0v) is 17.7. The summed E-state index contributed by atoms with van der Waals surface area (Å²) in [6, 6.07) is 5.28. The first-order valence-electron chi connectivity index (χ1n) is 9.72. The van der Waals surface area contributed by atoms with Gasteiger partial charge in [-0.3, -0.25) is 9.59 Å². The average Bonchev–Trinajstić information content (AvgIpc) is 3.17. The number of carbonyl (C=O) groups is 2. The van der Waals surface area contributed by atoms with Gasteiger partial charge in [0.25, 0.3) is 11.8 Å². The second-order valence-electron chi connectivity index (χ2n) is 7.45. The molecule has 1 saturated heterocycles. The highest BCUT2D eigenvalue weighted by molar-refractivity contribution is 6.34. The summed E-state index contributed by atoms with van der Waals surface area (Å²) in [5, 5.41) is 3.15. The number of anilines is 1. The van der Waals surface area contributed by atoms with Crippen LogP contribution in [0.2, 0.25) is 5.02 Å². The molecule has 1 aliphatic heterocycles. The van der Waals surface area contributed by atoms with E-state index in [0.717, 1.165) is 32.1 Å². The Kier molecular flexibility index (Phi) is 8.56. The topological polar surface area (TPSA) is 84.7 Å². The van der Waals surface area contributed by atoms with Gasteiger partial charge in [-0.15, -0.1) is 12.4 Å². The minimum Gasteiger partial charge on any atom is -0.364 e. The Morgan fingerprint density at radius 1 is 1.21 bits per heavy atom. The van der Waals surface area contributed by atoms with Gasteiger partial charge >= 0.3 is 0 Å². The van der Waals surface area contributed by atoms with Gasteiger partial charge in [-0.2, -0.15) is 0 Å². The van der Waals surface area contributed by atoms with Crippen LogP contribution in [0.15, 0.2) is 18.2 Å². The van der Waals surface area contributed by atoms with Crippen LogP contribution in [0.1, 0.15) is 55.3 Å². The largest absolute Gasteiger partial charge is 0.364 e. The Balaban J connectivity index is 0.00000280. The molecule has 0 radical (unpaired) electrons. The van der Waals surface area contributed by atoms with Crippen LogP contribution < -0.4 is 11.1 Å². The Labute approximate surface area is 177 Å². The lowest BCUT2D eigenvalue weighted by Gasteiger charge is -2.31. The molecule has 0 spiro atoms. The molecule has 1 aromatic rings. The first-order valence-corrected chi connectivity index (χ1v) is 10.1. The van der Waals surface area contributed by atoms with Crippen LogP contribution in [0, 0.1) is 0 Å². The molecule has 0 bridgehead atoms. The van der Waals surface area contributed by atoms with E-state index in [-0.39, 0.29) is 36.4 Å². The van der Waals surface area contributed by atoms with E-state index in [1.165, 1.54) is 6.42 Å². The number of hydrogen-bond acceptors (Lipinski definition) is 4. The van der Waals surface area contributed by atoms with Crippen LogP contribution in [-0.2, 0) is 9.53 Å². The van der Waals surface area contributed by atoms with Crippen molar-refractivity contribution in [3.63, 3.8) is 0 Å². The van der Waals surface area contributed by atoms with Gasteiger partial charge in [0.2, 0.25) is 0 Å². The van der Waals surface area contributed by atoms with Crippen molar-refractivity contribution < 1.29 is 14.3 Å². The van der Waals surface area contributed by atoms with Gasteiger partial charge < -0.3 is 20.7 Å². The molecule has 1 aliphatic carbocycles. The second-order valence-corrected chi connectivity index (χ2v) is 7.86. The van der Waals surface area contributed by atoms with E-state index in [4.69, 9.17) is 22.1 Å². The fraction of sp³-hybridized carbons (Fsp3) is 0.600.